The Kier molecular flexibility index (Phi) is 9.98. The first-order chi connectivity index (χ1) is 18.8. The first-order valence-corrected chi connectivity index (χ1v) is 14.2. The maximum Gasteiger partial charge on any atom is 0.573 e. The van der Waals surface area contributed by atoms with Crippen LogP contribution in [0.3, 0.4) is 0 Å². The summed E-state index contributed by atoms with van der Waals surface area (Å²) in [7, 11) is 5.97. The Hall–Kier alpha value is -3.29. The summed E-state index contributed by atoms with van der Waals surface area (Å²) in [6, 6.07) is 11.3. The van der Waals surface area contributed by atoms with Gasteiger partial charge in [-0.15, -0.1) is 13.2 Å². The summed E-state index contributed by atoms with van der Waals surface area (Å²) >= 11 is 0. The van der Waals surface area contributed by atoms with Crippen LogP contribution in [0.4, 0.5) is 13.2 Å². The van der Waals surface area contributed by atoms with Gasteiger partial charge in [0, 0.05) is 58.2 Å². The van der Waals surface area contributed by atoms with Crippen molar-refractivity contribution in [1.82, 2.24) is 14.1 Å². The van der Waals surface area contributed by atoms with Gasteiger partial charge in [0.1, 0.15) is 17.1 Å². The first-order valence-electron chi connectivity index (χ1n) is 13.0. The van der Waals surface area contributed by atoms with Gasteiger partial charge in [-0.3, -0.25) is 9.79 Å². The van der Waals surface area contributed by atoms with Gasteiger partial charge in [0.15, 0.2) is 5.84 Å². The largest absolute Gasteiger partial charge is 0.573 e. The predicted molar refractivity (Wildman–Crippen MR) is 154 cm³/mol. The summed E-state index contributed by atoms with van der Waals surface area (Å²) in [6.45, 7) is 3.05. The van der Waals surface area contributed by atoms with E-state index >= 15 is 0 Å². The van der Waals surface area contributed by atoms with Gasteiger partial charge in [0.05, 0.1) is 11.0 Å². The van der Waals surface area contributed by atoms with E-state index in [0.717, 1.165) is 17.0 Å². The third kappa shape index (κ3) is 7.52. The topological polar surface area (TPSA) is 109 Å². The summed E-state index contributed by atoms with van der Waals surface area (Å²) in [5, 5.41) is 0. The third-order valence-electron chi connectivity index (χ3n) is 7.08. The monoisotopic (exact) mass is 595 g/mol. The zero-order chi connectivity index (χ0) is 29.2. The normalized spacial score (nSPS) is 17.4. The zero-order valence-corrected chi connectivity index (χ0v) is 24.6. The van der Waals surface area contributed by atoms with Crippen molar-refractivity contribution >= 4 is 28.6 Å². The van der Waals surface area contributed by atoms with E-state index in [0.29, 0.717) is 55.1 Å². The maximum absolute atomic E-state index is 13.2. The SMILES string of the molecule is Cc1cc(C(=O)N(C)C)ccc1CCS(=O)N1CCC2(CC1)N=C(c1cccc(OC(F)(F)F)c1)N=C2N(C)C.O. The van der Waals surface area contributed by atoms with Crippen LogP contribution in [-0.4, -0.2) is 100 Å². The lowest BCUT2D eigenvalue weighted by molar-refractivity contribution is -0.274. The molecule has 0 radical (unpaired) electrons. The molecule has 2 aliphatic heterocycles. The summed E-state index contributed by atoms with van der Waals surface area (Å²) in [6.07, 6.45) is -3.00. The van der Waals surface area contributed by atoms with Crippen LogP contribution in [-0.2, 0) is 17.4 Å². The van der Waals surface area contributed by atoms with Crippen LogP contribution < -0.4 is 4.74 Å². The average Bonchev–Trinajstić information content (AvgIpc) is 3.26. The number of rotatable bonds is 7. The Labute approximate surface area is 240 Å². The van der Waals surface area contributed by atoms with E-state index in [1.54, 1.807) is 26.2 Å². The number of piperidine rings is 1. The number of hydrogen-bond donors (Lipinski definition) is 0. The van der Waals surface area contributed by atoms with Gasteiger partial charge in [-0.05, 0) is 61.6 Å². The fourth-order valence-corrected chi connectivity index (χ4v) is 6.29. The molecule has 2 N–H and O–H groups in total. The van der Waals surface area contributed by atoms with Gasteiger partial charge in [-0.1, -0.05) is 18.2 Å². The molecule has 13 heteroatoms. The fourth-order valence-electron chi connectivity index (χ4n) is 5.05. The second-order valence-corrected chi connectivity index (χ2v) is 12.0. The number of amides is 1. The van der Waals surface area contributed by atoms with Crippen LogP contribution in [0.2, 0.25) is 0 Å². The van der Waals surface area contributed by atoms with E-state index in [-0.39, 0.29) is 17.1 Å². The second kappa shape index (κ2) is 12.7. The lowest BCUT2D eigenvalue weighted by atomic mass is 9.87. The summed E-state index contributed by atoms with van der Waals surface area (Å²) < 4.78 is 57.4. The number of halogens is 3. The van der Waals surface area contributed by atoms with Crippen LogP contribution in [0.1, 0.15) is 39.9 Å². The smallest absolute Gasteiger partial charge is 0.412 e. The molecule has 1 unspecified atom stereocenters. The highest BCUT2D eigenvalue weighted by atomic mass is 32.2. The number of likely N-dealkylation sites (N-methyl/N-ethyl adjacent to an activating group) is 1. The number of amidine groups is 2. The van der Waals surface area contributed by atoms with E-state index < -0.39 is 22.9 Å². The van der Waals surface area contributed by atoms with Crippen molar-refractivity contribution in [1.29, 1.82) is 0 Å². The molecule has 9 nitrogen and oxygen atoms in total. The Bertz CT molecular complexity index is 1350. The number of carbonyl (C=O) groups excluding carboxylic acids is 1. The number of alkyl halides is 3. The highest BCUT2D eigenvalue weighted by molar-refractivity contribution is 7.82. The minimum absolute atomic E-state index is 0. The molecule has 2 aromatic carbocycles. The van der Waals surface area contributed by atoms with E-state index in [1.165, 1.54) is 23.1 Å². The van der Waals surface area contributed by atoms with Gasteiger partial charge < -0.3 is 20.0 Å². The summed E-state index contributed by atoms with van der Waals surface area (Å²) in [4.78, 5) is 25.2. The Morgan fingerprint density at radius 2 is 1.78 bits per heavy atom. The predicted octanol–water partition coefficient (Wildman–Crippen LogP) is 3.23. The van der Waals surface area contributed by atoms with Crippen molar-refractivity contribution in [3.8, 4) is 5.75 Å². The molecule has 0 bridgehead atoms. The lowest BCUT2D eigenvalue weighted by Gasteiger charge is -2.38. The Morgan fingerprint density at radius 1 is 1.10 bits per heavy atom. The quantitative estimate of drug-likeness (QED) is 0.490. The van der Waals surface area contributed by atoms with Crippen molar-refractivity contribution in [2.45, 2.75) is 38.1 Å². The molecule has 2 aromatic rings. The molecule has 1 atom stereocenters. The molecular weight excluding hydrogens is 559 g/mol. The van der Waals surface area contributed by atoms with Crippen molar-refractivity contribution in [3.05, 3.63) is 64.7 Å². The van der Waals surface area contributed by atoms with Crippen molar-refractivity contribution in [2.24, 2.45) is 9.98 Å². The van der Waals surface area contributed by atoms with Gasteiger partial charge in [-0.2, -0.15) is 0 Å². The number of nitrogens with zero attached hydrogens (tertiary/aromatic N) is 5. The zero-order valence-electron chi connectivity index (χ0n) is 23.8. The molecule has 1 fully saturated rings. The van der Waals surface area contributed by atoms with Crippen LogP contribution in [0.25, 0.3) is 0 Å². The molecule has 41 heavy (non-hydrogen) atoms. The van der Waals surface area contributed by atoms with Gasteiger partial charge in [0.25, 0.3) is 5.91 Å². The average molecular weight is 596 g/mol. The number of hydrogen-bond acceptors (Lipinski definition) is 6. The van der Waals surface area contributed by atoms with E-state index in [4.69, 9.17) is 9.98 Å². The molecule has 2 heterocycles. The highest BCUT2D eigenvalue weighted by Gasteiger charge is 2.45. The number of ether oxygens (including phenoxy) is 1. The number of benzene rings is 2. The maximum atomic E-state index is 13.2. The molecule has 0 aliphatic carbocycles. The highest BCUT2D eigenvalue weighted by Crippen LogP contribution is 2.35. The number of aryl methyl sites for hydroxylation is 2. The number of carbonyl (C=O) groups is 1. The molecule has 4 rings (SSSR count). The molecule has 1 amide bonds. The fraction of sp³-hybridized carbons (Fsp3) is 0.464. The summed E-state index contributed by atoms with van der Waals surface area (Å²) in [5.41, 5.74) is 2.49. The van der Waals surface area contributed by atoms with Crippen molar-refractivity contribution in [2.75, 3.05) is 47.0 Å². The molecule has 0 aromatic heterocycles. The van der Waals surface area contributed by atoms with Crippen LogP contribution in [0, 0.1) is 6.92 Å². The van der Waals surface area contributed by atoms with Crippen LogP contribution in [0.5, 0.6) is 5.75 Å². The van der Waals surface area contributed by atoms with E-state index in [1.807, 2.05) is 42.4 Å². The standard InChI is InChI=1S/C28H34F3N5O3S.H2O/c1-19-17-22(25(37)34(2)3)10-9-20(19)11-16-40(38)36-14-12-27(13-15-36)26(35(4)5)32-24(33-27)21-7-6-8-23(18-21)39-28(29,30)31;/h6-10,17-18H,11-16H2,1-5H3;1H2. The second-order valence-electron chi connectivity index (χ2n) is 10.4. The lowest BCUT2D eigenvalue weighted by Crippen LogP contribution is -2.51. The Balaban J connectivity index is 0.00000462. The molecule has 2 aliphatic rings. The number of aliphatic imine (C=N–C) groups is 2. The molecule has 0 saturated carbocycles. The van der Waals surface area contributed by atoms with Crippen molar-refractivity contribution < 1.29 is 32.4 Å². The van der Waals surface area contributed by atoms with Gasteiger partial charge in [-0.25, -0.2) is 13.5 Å². The van der Waals surface area contributed by atoms with Gasteiger partial charge in [0.2, 0.25) is 0 Å². The molecule has 1 spiro atoms. The minimum Gasteiger partial charge on any atom is -0.412 e. The van der Waals surface area contributed by atoms with Crippen LogP contribution in [0.15, 0.2) is 52.4 Å². The molecule has 224 valence electrons. The molecular formula is C28H36F3N5O4S. The third-order valence-corrected chi connectivity index (χ3v) is 8.57. The minimum atomic E-state index is -4.79. The first kappa shape index (κ1) is 32.2. The van der Waals surface area contributed by atoms with Crippen molar-refractivity contribution in [3.63, 3.8) is 0 Å². The van der Waals surface area contributed by atoms with Crippen LogP contribution >= 0.6 is 0 Å². The van der Waals surface area contributed by atoms with Gasteiger partial charge >= 0.3 is 6.36 Å². The molecule has 1 saturated heterocycles. The summed E-state index contributed by atoms with van der Waals surface area (Å²) in [5.74, 6) is 1.18. The van der Waals surface area contributed by atoms with E-state index in [9.17, 15) is 22.2 Å². The van der Waals surface area contributed by atoms with E-state index in [2.05, 4.69) is 4.74 Å². The Morgan fingerprint density at radius 3 is 2.37 bits per heavy atom.